The lowest BCUT2D eigenvalue weighted by atomic mass is 10.0. The maximum atomic E-state index is 5.97. The molecule has 0 saturated carbocycles. The van der Waals surface area contributed by atoms with Crippen LogP contribution in [0, 0.1) is 0 Å². The molecular weight excluding hydrogens is 254 g/mol. The third kappa shape index (κ3) is 2.13. The summed E-state index contributed by atoms with van der Waals surface area (Å²) in [5.41, 5.74) is 6.56. The van der Waals surface area contributed by atoms with Crippen molar-refractivity contribution in [3.63, 3.8) is 0 Å². The molecule has 6 heteroatoms. The lowest BCUT2D eigenvalue weighted by Crippen LogP contribution is -2.49. The van der Waals surface area contributed by atoms with Crippen molar-refractivity contribution < 1.29 is 9.47 Å². The molecule has 0 atom stereocenters. The molecule has 3 heterocycles. The molecule has 0 aromatic carbocycles. The van der Waals surface area contributed by atoms with Crippen LogP contribution < -0.4 is 10.6 Å². The minimum Gasteiger partial charge on any atom is -0.396 e. The van der Waals surface area contributed by atoms with E-state index in [2.05, 4.69) is 9.88 Å². The van der Waals surface area contributed by atoms with Crippen molar-refractivity contribution >= 4 is 23.1 Å². The summed E-state index contributed by atoms with van der Waals surface area (Å²) >= 11 is 5.87. The first-order chi connectivity index (χ1) is 8.69. The highest BCUT2D eigenvalue weighted by atomic mass is 35.5. The van der Waals surface area contributed by atoms with Gasteiger partial charge in [-0.2, -0.15) is 0 Å². The van der Waals surface area contributed by atoms with Gasteiger partial charge in [-0.3, -0.25) is 0 Å². The van der Waals surface area contributed by atoms with Crippen LogP contribution in [-0.2, 0) is 9.47 Å². The fourth-order valence-corrected chi connectivity index (χ4v) is 2.78. The minimum atomic E-state index is -0.466. The standard InChI is InChI=1S/C12H16ClN3O2/c13-9-6-10(14)11(15-7-9)16-3-1-2-12(8-16)17-4-5-18-12/h6-7H,1-5,8,14H2. The van der Waals surface area contributed by atoms with Crippen molar-refractivity contribution in [1.29, 1.82) is 0 Å². The van der Waals surface area contributed by atoms with Crippen LogP contribution in [0.5, 0.6) is 0 Å². The van der Waals surface area contributed by atoms with Crippen LogP contribution in [-0.4, -0.2) is 37.1 Å². The number of hydrogen-bond acceptors (Lipinski definition) is 5. The number of pyridine rings is 1. The van der Waals surface area contributed by atoms with Crippen molar-refractivity contribution in [3.05, 3.63) is 17.3 Å². The van der Waals surface area contributed by atoms with Crippen LogP contribution in [0.25, 0.3) is 0 Å². The second-order valence-electron chi connectivity index (χ2n) is 4.70. The minimum absolute atomic E-state index is 0.466. The van der Waals surface area contributed by atoms with Crippen LogP contribution in [0.4, 0.5) is 11.5 Å². The van der Waals surface area contributed by atoms with E-state index in [1.807, 2.05) is 0 Å². The molecule has 5 nitrogen and oxygen atoms in total. The average molecular weight is 270 g/mol. The van der Waals surface area contributed by atoms with Crippen LogP contribution in [0.15, 0.2) is 12.3 Å². The van der Waals surface area contributed by atoms with Gasteiger partial charge in [0.05, 0.1) is 30.5 Å². The molecule has 1 spiro atoms. The zero-order valence-corrected chi connectivity index (χ0v) is 10.8. The summed E-state index contributed by atoms with van der Waals surface area (Å²) in [5.74, 6) is 0.295. The molecule has 18 heavy (non-hydrogen) atoms. The second kappa shape index (κ2) is 4.57. The van der Waals surface area contributed by atoms with E-state index >= 15 is 0 Å². The summed E-state index contributed by atoms with van der Waals surface area (Å²) < 4.78 is 11.5. The number of piperidine rings is 1. The van der Waals surface area contributed by atoms with Crippen molar-refractivity contribution in [2.24, 2.45) is 0 Å². The number of anilines is 2. The molecule has 2 saturated heterocycles. The van der Waals surface area contributed by atoms with Crippen molar-refractivity contribution in [2.45, 2.75) is 18.6 Å². The zero-order valence-electron chi connectivity index (χ0n) is 10.1. The first kappa shape index (κ1) is 12.0. The van der Waals surface area contributed by atoms with Gasteiger partial charge in [-0.1, -0.05) is 11.6 Å². The lowest BCUT2D eigenvalue weighted by Gasteiger charge is -2.39. The Bertz CT molecular complexity index is 449. The van der Waals surface area contributed by atoms with Gasteiger partial charge in [-0.05, 0) is 12.5 Å². The van der Waals surface area contributed by atoms with E-state index in [9.17, 15) is 0 Å². The molecule has 3 rings (SSSR count). The summed E-state index contributed by atoms with van der Waals surface area (Å²) in [6, 6.07) is 1.72. The highest BCUT2D eigenvalue weighted by molar-refractivity contribution is 6.30. The Balaban J connectivity index is 1.83. The van der Waals surface area contributed by atoms with Crippen LogP contribution >= 0.6 is 11.6 Å². The van der Waals surface area contributed by atoms with Gasteiger partial charge in [0.25, 0.3) is 0 Å². The van der Waals surface area contributed by atoms with Gasteiger partial charge in [0, 0.05) is 19.2 Å². The summed E-state index contributed by atoms with van der Waals surface area (Å²) in [5, 5.41) is 0.552. The quantitative estimate of drug-likeness (QED) is 0.840. The van der Waals surface area contributed by atoms with Gasteiger partial charge in [-0.25, -0.2) is 4.98 Å². The molecule has 2 aliphatic rings. The van der Waals surface area contributed by atoms with Gasteiger partial charge in [0.1, 0.15) is 0 Å². The number of aromatic nitrogens is 1. The number of halogens is 1. The topological polar surface area (TPSA) is 60.6 Å². The molecule has 2 aliphatic heterocycles. The van der Waals surface area contributed by atoms with Crippen LogP contribution in [0.1, 0.15) is 12.8 Å². The molecule has 2 N–H and O–H groups in total. The Morgan fingerprint density at radius 2 is 2.17 bits per heavy atom. The lowest BCUT2D eigenvalue weighted by molar-refractivity contribution is -0.161. The van der Waals surface area contributed by atoms with E-state index in [0.29, 0.717) is 30.5 Å². The maximum absolute atomic E-state index is 5.97. The number of nitrogens with two attached hydrogens (primary N) is 1. The monoisotopic (exact) mass is 269 g/mol. The summed E-state index contributed by atoms with van der Waals surface area (Å²) in [7, 11) is 0. The number of nitrogen functional groups attached to an aromatic ring is 1. The van der Waals surface area contributed by atoms with Crippen LogP contribution in [0.2, 0.25) is 5.02 Å². The van der Waals surface area contributed by atoms with E-state index in [4.69, 9.17) is 26.8 Å². The third-order valence-electron chi connectivity index (χ3n) is 3.39. The molecule has 1 aromatic heterocycles. The predicted octanol–water partition coefficient (Wildman–Crippen LogP) is 1.66. The number of nitrogens with zero attached hydrogens (tertiary/aromatic N) is 2. The molecule has 0 radical (unpaired) electrons. The summed E-state index contributed by atoms with van der Waals surface area (Å²) in [4.78, 5) is 6.43. The number of ether oxygens (including phenoxy) is 2. The van der Waals surface area contributed by atoms with Crippen molar-refractivity contribution in [1.82, 2.24) is 4.98 Å². The zero-order chi connectivity index (χ0) is 12.6. The first-order valence-electron chi connectivity index (χ1n) is 6.12. The van der Waals surface area contributed by atoms with E-state index in [1.54, 1.807) is 12.3 Å². The molecule has 0 unspecified atom stereocenters. The molecular formula is C12H16ClN3O2. The second-order valence-corrected chi connectivity index (χ2v) is 5.14. The largest absolute Gasteiger partial charge is 0.396 e. The van der Waals surface area contributed by atoms with Gasteiger partial charge in [-0.15, -0.1) is 0 Å². The Labute approximate surface area is 111 Å². The Morgan fingerprint density at radius 3 is 2.89 bits per heavy atom. The molecule has 0 bridgehead atoms. The average Bonchev–Trinajstić information content (AvgIpc) is 2.77. The smallest absolute Gasteiger partial charge is 0.186 e. The molecule has 0 aliphatic carbocycles. The van der Waals surface area contributed by atoms with Gasteiger partial charge < -0.3 is 20.1 Å². The summed E-state index contributed by atoms with van der Waals surface area (Å²) in [6.45, 7) is 2.91. The summed E-state index contributed by atoms with van der Waals surface area (Å²) in [6.07, 6.45) is 3.55. The Morgan fingerprint density at radius 1 is 1.39 bits per heavy atom. The van der Waals surface area contributed by atoms with Crippen LogP contribution in [0.3, 0.4) is 0 Å². The predicted molar refractivity (Wildman–Crippen MR) is 69.7 cm³/mol. The molecule has 0 amide bonds. The molecule has 98 valence electrons. The third-order valence-corrected chi connectivity index (χ3v) is 3.60. The maximum Gasteiger partial charge on any atom is 0.186 e. The Kier molecular flexibility index (Phi) is 3.05. The van der Waals surface area contributed by atoms with E-state index in [0.717, 1.165) is 25.2 Å². The van der Waals surface area contributed by atoms with Gasteiger partial charge in [0.15, 0.2) is 11.6 Å². The molecule has 2 fully saturated rings. The Hall–Kier alpha value is -1.04. The SMILES string of the molecule is Nc1cc(Cl)cnc1N1CCCC2(C1)OCCO2. The highest BCUT2D eigenvalue weighted by Crippen LogP contribution is 2.34. The van der Waals surface area contributed by atoms with Crippen molar-refractivity contribution in [3.8, 4) is 0 Å². The fourth-order valence-electron chi connectivity index (χ4n) is 2.61. The van der Waals surface area contributed by atoms with E-state index < -0.39 is 5.79 Å². The van der Waals surface area contributed by atoms with Gasteiger partial charge in [0.2, 0.25) is 0 Å². The normalized spacial score (nSPS) is 22.6. The van der Waals surface area contributed by atoms with E-state index in [1.165, 1.54) is 0 Å². The highest BCUT2D eigenvalue weighted by Gasteiger charge is 2.41. The van der Waals surface area contributed by atoms with E-state index in [-0.39, 0.29) is 0 Å². The number of rotatable bonds is 1. The first-order valence-corrected chi connectivity index (χ1v) is 6.50. The van der Waals surface area contributed by atoms with Crippen molar-refractivity contribution in [2.75, 3.05) is 36.9 Å². The fraction of sp³-hybridized carbons (Fsp3) is 0.583. The number of hydrogen-bond donors (Lipinski definition) is 1. The molecule has 1 aromatic rings. The van der Waals surface area contributed by atoms with Gasteiger partial charge >= 0.3 is 0 Å².